The number of ether oxygens (including phenoxy) is 1. The van der Waals surface area contributed by atoms with E-state index in [4.69, 9.17) is 5.73 Å². The van der Waals surface area contributed by atoms with E-state index in [2.05, 4.69) is 14.9 Å². The number of hydrogen-bond acceptors (Lipinski definition) is 6. The lowest BCUT2D eigenvalue weighted by molar-refractivity contribution is -0.141. The number of esters is 1. The number of hydrogen-bond donors (Lipinski definition) is 1. The Morgan fingerprint density at radius 1 is 1.30 bits per heavy atom. The smallest absolute Gasteiger partial charge is 0.305 e. The van der Waals surface area contributed by atoms with Crippen LogP contribution in [0, 0.1) is 5.92 Å². The van der Waals surface area contributed by atoms with Crippen LogP contribution in [0.25, 0.3) is 0 Å². The summed E-state index contributed by atoms with van der Waals surface area (Å²) in [6.45, 7) is 0. The lowest BCUT2D eigenvalue weighted by atomic mass is 9.80. The summed E-state index contributed by atoms with van der Waals surface area (Å²) in [6.07, 6.45) is 5.59. The van der Waals surface area contributed by atoms with Gasteiger partial charge in [-0.25, -0.2) is 0 Å². The van der Waals surface area contributed by atoms with E-state index in [1.165, 1.54) is 18.4 Å². The zero-order valence-corrected chi connectivity index (χ0v) is 12.3. The molecule has 20 heavy (non-hydrogen) atoms. The molecule has 1 heterocycles. The zero-order valence-electron chi connectivity index (χ0n) is 11.5. The molecule has 0 spiro atoms. The van der Waals surface area contributed by atoms with E-state index in [-0.39, 0.29) is 11.0 Å². The van der Waals surface area contributed by atoms with E-state index in [1.807, 2.05) is 0 Å². The van der Waals surface area contributed by atoms with Crippen LogP contribution in [-0.4, -0.2) is 29.2 Å². The molecule has 1 saturated carbocycles. The Kier molecular flexibility index (Phi) is 5.05. The van der Waals surface area contributed by atoms with Crippen LogP contribution in [0.3, 0.4) is 0 Å². The molecule has 1 fully saturated rings. The van der Waals surface area contributed by atoms with E-state index in [0.29, 0.717) is 18.3 Å². The summed E-state index contributed by atoms with van der Waals surface area (Å²) < 4.78 is 4.66. The molecule has 0 aromatic carbocycles. The third kappa shape index (κ3) is 3.75. The van der Waals surface area contributed by atoms with Crippen LogP contribution in [0.2, 0.25) is 0 Å². The van der Waals surface area contributed by atoms with Gasteiger partial charge in [-0.1, -0.05) is 11.3 Å². The molecule has 6 nitrogen and oxygen atoms in total. The van der Waals surface area contributed by atoms with Crippen LogP contribution in [0.1, 0.15) is 59.3 Å². The van der Waals surface area contributed by atoms with Crippen LogP contribution >= 0.6 is 11.3 Å². The second kappa shape index (κ2) is 6.78. The van der Waals surface area contributed by atoms with Crippen molar-refractivity contribution in [2.45, 2.75) is 44.4 Å². The number of methoxy groups -OCH3 is 1. The molecule has 2 N–H and O–H groups in total. The fraction of sp³-hybridized carbons (Fsp3) is 0.692. The van der Waals surface area contributed by atoms with Gasteiger partial charge >= 0.3 is 5.97 Å². The number of carbonyl (C=O) groups excluding carboxylic acids is 2. The summed E-state index contributed by atoms with van der Waals surface area (Å²) in [4.78, 5) is 22.1. The normalized spacial score (nSPS) is 22.4. The van der Waals surface area contributed by atoms with Crippen molar-refractivity contribution in [3.05, 3.63) is 10.0 Å². The van der Waals surface area contributed by atoms with Crippen molar-refractivity contribution >= 4 is 23.2 Å². The van der Waals surface area contributed by atoms with Crippen LogP contribution in [0.15, 0.2) is 0 Å². The third-order valence-corrected chi connectivity index (χ3v) is 4.93. The standard InChI is InChI=1S/C13H19N3O3S/c1-19-10(17)7-4-8-2-5-9(6-3-8)12-15-16-13(20-12)11(14)18/h8-9H,2-7H2,1H3,(H2,14,18). The second-order valence-electron chi connectivity index (χ2n) is 5.14. The summed E-state index contributed by atoms with van der Waals surface area (Å²) in [5, 5.41) is 9.07. The minimum Gasteiger partial charge on any atom is -0.469 e. The Hall–Kier alpha value is -1.50. The first-order valence-electron chi connectivity index (χ1n) is 6.80. The van der Waals surface area contributed by atoms with E-state index in [0.717, 1.165) is 37.1 Å². The first-order chi connectivity index (χ1) is 9.60. The number of nitrogens with two attached hydrogens (primary N) is 1. The SMILES string of the molecule is COC(=O)CCC1CCC(c2nnc(C(N)=O)s2)CC1. The summed E-state index contributed by atoms with van der Waals surface area (Å²) in [7, 11) is 1.42. The van der Waals surface area contributed by atoms with Gasteiger partial charge in [-0.05, 0) is 38.0 Å². The van der Waals surface area contributed by atoms with Crippen LogP contribution in [0.4, 0.5) is 0 Å². The summed E-state index contributed by atoms with van der Waals surface area (Å²) >= 11 is 1.30. The van der Waals surface area contributed by atoms with Crippen molar-refractivity contribution in [3.8, 4) is 0 Å². The minimum atomic E-state index is -0.513. The molecule has 0 bridgehead atoms. The van der Waals surface area contributed by atoms with Gasteiger partial charge in [0.25, 0.3) is 5.91 Å². The average molecular weight is 297 g/mol. The number of rotatable bonds is 5. The monoisotopic (exact) mass is 297 g/mol. The molecule has 1 aromatic rings. The van der Waals surface area contributed by atoms with Gasteiger partial charge in [0.2, 0.25) is 5.01 Å². The molecule has 1 amide bonds. The van der Waals surface area contributed by atoms with Crippen LogP contribution in [0.5, 0.6) is 0 Å². The largest absolute Gasteiger partial charge is 0.469 e. The van der Waals surface area contributed by atoms with E-state index in [9.17, 15) is 9.59 Å². The van der Waals surface area contributed by atoms with Gasteiger partial charge in [0.1, 0.15) is 5.01 Å². The first-order valence-corrected chi connectivity index (χ1v) is 7.61. The second-order valence-corrected chi connectivity index (χ2v) is 6.15. The maximum atomic E-state index is 11.1. The quantitative estimate of drug-likeness (QED) is 0.837. The number of carbonyl (C=O) groups is 2. The Morgan fingerprint density at radius 2 is 2.00 bits per heavy atom. The van der Waals surface area contributed by atoms with Crippen molar-refractivity contribution in [2.24, 2.45) is 11.7 Å². The van der Waals surface area contributed by atoms with E-state index >= 15 is 0 Å². The topological polar surface area (TPSA) is 95.2 Å². The van der Waals surface area contributed by atoms with Gasteiger partial charge in [0.15, 0.2) is 0 Å². The molecule has 1 aliphatic rings. The molecular formula is C13H19N3O3S. The fourth-order valence-corrected chi connectivity index (χ4v) is 3.49. The lowest BCUT2D eigenvalue weighted by Crippen LogP contribution is -2.14. The lowest BCUT2D eigenvalue weighted by Gasteiger charge is -2.26. The Morgan fingerprint density at radius 3 is 2.55 bits per heavy atom. The van der Waals surface area contributed by atoms with Crippen molar-refractivity contribution in [2.75, 3.05) is 7.11 Å². The molecule has 0 saturated heterocycles. The van der Waals surface area contributed by atoms with Crippen LogP contribution < -0.4 is 5.73 Å². The Labute approximate surface area is 121 Å². The number of aromatic nitrogens is 2. The first kappa shape index (κ1) is 14.9. The Bertz CT molecular complexity index is 481. The predicted molar refractivity (Wildman–Crippen MR) is 74.4 cm³/mol. The predicted octanol–water partition coefficient (Wildman–Crippen LogP) is 1.86. The molecule has 7 heteroatoms. The van der Waals surface area contributed by atoms with Crippen molar-refractivity contribution in [1.82, 2.24) is 10.2 Å². The fourth-order valence-electron chi connectivity index (χ4n) is 2.62. The van der Waals surface area contributed by atoms with Gasteiger partial charge in [-0.3, -0.25) is 9.59 Å². The average Bonchev–Trinajstić information content (AvgIpc) is 2.95. The highest BCUT2D eigenvalue weighted by molar-refractivity contribution is 7.13. The van der Waals surface area contributed by atoms with Gasteiger partial charge in [0, 0.05) is 12.3 Å². The highest BCUT2D eigenvalue weighted by Gasteiger charge is 2.26. The molecule has 110 valence electrons. The van der Waals surface area contributed by atoms with Crippen molar-refractivity contribution in [3.63, 3.8) is 0 Å². The van der Waals surface area contributed by atoms with Crippen molar-refractivity contribution < 1.29 is 14.3 Å². The molecule has 2 rings (SSSR count). The molecule has 1 aliphatic carbocycles. The summed E-state index contributed by atoms with van der Waals surface area (Å²) in [5.74, 6) is 0.298. The number of amides is 1. The minimum absolute atomic E-state index is 0.137. The summed E-state index contributed by atoms with van der Waals surface area (Å²) in [5.41, 5.74) is 5.18. The van der Waals surface area contributed by atoms with Gasteiger partial charge in [0.05, 0.1) is 7.11 Å². The highest BCUT2D eigenvalue weighted by Crippen LogP contribution is 2.38. The molecular weight excluding hydrogens is 278 g/mol. The van der Waals surface area contributed by atoms with Gasteiger partial charge in [-0.2, -0.15) is 0 Å². The number of nitrogens with zero attached hydrogens (tertiary/aromatic N) is 2. The van der Waals surface area contributed by atoms with E-state index < -0.39 is 5.91 Å². The zero-order chi connectivity index (χ0) is 14.5. The highest BCUT2D eigenvalue weighted by atomic mass is 32.1. The maximum absolute atomic E-state index is 11.1. The Balaban J connectivity index is 1.81. The third-order valence-electron chi connectivity index (χ3n) is 3.83. The molecule has 0 aliphatic heterocycles. The maximum Gasteiger partial charge on any atom is 0.305 e. The van der Waals surface area contributed by atoms with E-state index in [1.54, 1.807) is 0 Å². The summed E-state index contributed by atoms with van der Waals surface area (Å²) in [6, 6.07) is 0. The molecule has 0 unspecified atom stereocenters. The molecule has 0 atom stereocenters. The van der Waals surface area contributed by atoms with Gasteiger partial charge in [-0.15, -0.1) is 10.2 Å². The number of primary amides is 1. The molecule has 0 radical (unpaired) electrons. The van der Waals surface area contributed by atoms with Gasteiger partial charge < -0.3 is 10.5 Å². The van der Waals surface area contributed by atoms with Crippen LogP contribution in [-0.2, 0) is 9.53 Å². The molecule has 1 aromatic heterocycles. The van der Waals surface area contributed by atoms with Crippen molar-refractivity contribution in [1.29, 1.82) is 0 Å².